The first-order valence-electron chi connectivity index (χ1n) is 10.8. The summed E-state index contributed by atoms with van der Waals surface area (Å²) in [6, 6.07) is 9.98. The van der Waals surface area contributed by atoms with Crippen LogP contribution in [0.15, 0.2) is 48.8 Å². The molecule has 158 valence electrons. The first kappa shape index (κ1) is 19.8. The summed E-state index contributed by atoms with van der Waals surface area (Å²) in [6.45, 7) is 3.87. The number of nitrogens with zero attached hydrogens (tertiary/aromatic N) is 3. The maximum absolute atomic E-state index is 12.0. The third-order valence-corrected chi connectivity index (χ3v) is 6.28. The van der Waals surface area contributed by atoms with Crippen LogP contribution in [-0.4, -0.2) is 59.0 Å². The van der Waals surface area contributed by atoms with Crippen molar-refractivity contribution in [3.63, 3.8) is 0 Å². The van der Waals surface area contributed by atoms with Crippen LogP contribution >= 0.6 is 0 Å². The number of likely N-dealkylation sites (tertiary alicyclic amines) is 1. The van der Waals surface area contributed by atoms with Gasteiger partial charge in [0.05, 0.1) is 18.0 Å². The van der Waals surface area contributed by atoms with Crippen molar-refractivity contribution < 1.29 is 9.53 Å². The number of nitrogens with one attached hydrogen (secondary N) is 1. The molecule has 0 bridgehead atoms. The highest BCUT2D eigenvalue weighted by atomic mass is 16.5. The summed E-state index contributed by atoms with van der Waals surface area (Å²) in [6.07, 6.45) is 9.28. The average molecular weight is 415 g/mol. The number of aromatic nitrogens is 3. The number of pyridine rings is 1. The summed E-state index contributed by atoms with van der Waals surface area (Å²) in [4.78, 5) is 27.3. The second kappa shape index (κ2) is 8.57. The number of allylic oxidation sites excluding steroid dienone is 1. The zero-order chi connectivity index (χ0) is 21.2. The average Bonchev–Trinajstić information content (AvgIpc) is 3.43. The Bertz CT molecular complexity index is 1110. The van der Waals surface area contributed by atoms with E-state index in [-0.39, 0.29) is 5.78 Å². The maximum Gasteiger partial charge on any atom is 0.186 e. The lowest BCUT2D eigenvalue weighted by molar-refractivity contribution is 0.105. The Kier molecular flexibility index (Phi) is 5.49. The Labute approximate surface area is 182 Å². The summed E-state index contributed by atoms with van der Waals surface area (Å²) in [5.74, 6) is 1.52. The molecule has 5 rings (SSSR count). The molecule has 0 radical (unpaired) electrons. The number of imidazole rings is 1. The van der Waals surface area contributed by atoms with Gasteiger partial charge in [0.1, 0.15) is 5.82 Å². The van der Waals surface area contributed by atoms with E-state index in [9.17, 15) is 4.79 Å². The van der Waals surface area contributed by atoms with Gasteiger partial charge >= 0.3 is 0 Å². The Morgan fingerprint density at radius 2 is 1.90 bits per heavy atom. The van der Waals surface area contributed by atoms with Crippen molar-refractivity contribution in [3.8, 4) is 22.5 Å². The molecule has 6 nitrogen and oxygen atoms in total. The molecule has 1 aromatic carbocycles. The summed E-state index contributed by atoms with van der Waals surface area (Å²) in [5, 5.41) is 0. The monoisotopic (exact) mass is 414 g/mol. The zero-order valence-electron chi connectivity index (χ0n) is 17.7. The summed E-state index contributed by atoms with van der Waals surface area (Å²) in [7, 11) is 1.75. The molecule has 0 atom stereocenters. The van der Waals surface area contributed by atoms with E-state index in [2.05, 4.69) is 20.9 Å². The standard InChI is InChI=1S/C25H26N4O2/c1-31-15-14-29-12-8-18(9-13-29)25-27-23(17-6-10-26-11-7-17)24(28-25)20-2-4-21-19(16-20)3-5-22(21)30/h2-7,10-11,16,18H,8-9,12-15H2,1H3,(H,27,28). The van der Waals surface area contributed by atoms with Crippen LogP contribution in [0.2, 0.25) is 0 Å². The van der Waals surface area contributed by atoms with Crippen LogP contribution in [0.1, 0.15) is 40.5 Å². The first-order valence-corrected chi connectivity index (χ1v) is 10.8. The molecule has 1 aliphatic carbocycles. The molecule has 1 saturated heterocycles. The molecular formula is C25H26N4O2. The van der Waals surface area contributed by atoms with Crippen LogP contribution in [0, 0.1) is 0 Å². The number of piperidine rings is 1. The zero-order valence-corrected chi connectivity index (χ0v) is 17.7. The van der Waals surface area contributed by atoms with E-state index in [1.54, 1.807) is 25.6 Å². The van der Waals surface area contributed by atoms with E-state index >= 15 is 0 Å². The normalized spacial score (nSPS) is 16.7. The van der Waals surface area contributed by atoms with Crippen molar-refractivity contribution in [1.82, 2.24) is 19.9 Å². The molecule has 1 fully saturated rings. The van der Waals surface area contributed by atoms with E-state index in [0.717, 1.165) is 78.5 Å². The molecule has 1 N–H and O–H groups in total. The van der Waals surface area contributed by atoms with Crippen LogP contribution in [0.5, 0.6) is 0 Å². The molecule has 6 heteroatoms. The fourth-order valence-corrected chi connectivity index (χ4v) is 4.50. The van der Waals surface area contributed by atoms with Crippen LogP contribution < -0.4 is 0 Å². The van der Waals surface area contributed by atoms with Gasteiger partial charge in [0.2, 0.25) is 0 Å². The van der Waals surface area contributed by atoms with Gasteiger partial charge < -0.3 is 14.6 Å². The van der Waals surface area contributed by atoms with Gasteiger partial charge in [0, 0.05) is 48.7 Å². The van der Waals surface area contributed by atoms with Gasteiger partial charge in [0.25, 0.3) is 0 Å². The molecule has 2 aromatic heterocycles. The number of ketones is 1. The fraction of sp³-hybridized carbons (Fsp3) is 0.320. The Hall–Kier alpha value is -3.09. The number of benzene rings is 1. The molecule has 3 heterocycles. The van der Waals surface area contributed by atoms with Gasteiger partial charge in [-0.15, -0.1) is 0 Å². The molecule has 0 unspecified atom stereocenters. The van der Waals surface area contributed by atoms with Crippen LogP contribution in [-0.2, 0) is 4.74 Å². The highest BCUT2D eigenvalue weighted by Gasteiger charge is 2.25. The molecule has 1 aliphatic heterocycles. The number of aromatic amines is 1. The number of rotatable bonds is 6. The van der Waals surface area contributed by atoms with E-state index in [1.807, 2.05) is 30.3 Å². The van der Waals surface area contributed by atoms with Gasteiger partial charge in [-0.25, -0.2) is 4.98 Å². The lowest BCUT2D eigenvalue weighted by atomic mass is 9.96. The number of hydrogen-bond donors (Lipinski definition) is 1. The molecule has 0 spiro atoms. The number of H-pyrrole nitrogens is 1. The number of fused-ring (bicyclic) bond motifs is 1. The number of ether oxygens (including phenoxy) is 1. The van der Waals surface area contributed by atoms with Crippen LogP contribution in [0.3, 0.4) is 0 Å². The molecule has 0 amide bonds. The number of carbonyl (C=O) groups is 1. The number of carbonyl (C=O) groups excluding carboxylic acids is 1. The predicted molar refractivity (Wildman–Crippen MR) is 121 cm³/mol. The SMILES string of the molecule is COCCN1CCC(c2nc(-c3ccc4c(c3)C=CC4=O)c(-c3ccncc3)[nH]2)CC1. The third-order valence-electron chi connectivity index (χ3n) is 6.28. The van der Waals surface area contributed by atoms with Crippen LogP contribution in [0.25, 0.3) is 28.6 Å². The summed E-state index contributed by atoms with van der Waals surface area (Å²) >= 11 is 0. The minimum Gasteiger partial charge on any atom is -0.383 e. The van der Waals surface area contributed by atoms with Crippen molar-refractivity contribution in [2.45, 2.75) is 18.8 Å². The minimum absolute atomic E-state index is 0.0684. The van der Waals surface area contributed by atoms with Crippen molar-refractivity contribution >= 4 is 11.9 Å². The summed E-state index contributed by atoms with van der Waals surface area (Å²) in [5.41, 5.74) is 5.73. The van der Waals surface area contributed by atoms with Crippen LogP contribution in [0.4, 0.5) is 0 Å². The van der Waals surface area contributed by atoms with Crippen molar-refractivity contribution in [1.29, 1.82) is 0 Å². The van der Waals surface area contributed by atoms with Gasteiger partial charge in [-0.2, -0.15) is 0 Å². The molecular weight excluding hydrogens is 388 g/mol. The molecule has 31 heavy (non-hydrogen) atoms. The fourth-order valence-electron chi connectivity index (χ4n) is 4.50. The largest absolute Gasteiger partial charge is 0.383 e. The number of methoxy groups -OCH3 is 1. The van der Waals surface area contributed by atoms with Gasteiger partial charge in [0.15, 0.2) is 5.78 Å². The predicted octanol–water partition coefficient (Wildman–Crippen LogP) is 4.17. The molecule has 3 aromatic rings. The highest BCUT2D eigenvalue weighted by Crippen LogP contribution is 2.36. The van der Waals surface area contributed by atoms with Gasteiger partial charge in [-0.3, -0.25) is 9.78 Å². The van der Waals surface area contributed by atoms with Crippen molar-refractivity contribution in [2.24, 2.45) is 0 Å². The third kappa shape index (κ3) is 3.96. The molecule has 0 saturated carbocycles. The lowest BCUT2D eigenvalue weighted by Crippen LogP contribution is -2.35. The molecule has 2 aliphatic rings. The lowest BCUT2D eigenvalue weighted by Gasteiger charge is -2.30. The van der Waals surface area contributed by atoms with Crippen molar-refractivity contribution in [3.05, 3.63) is 65.8 Å². The topological polar surface area (TPSA) is 71.1 Å². The Morgan fingerprint density at radius 3 is 2.68 bits per heavy atom. The van der Waals surface area contributed by atoms with Crippen molar-refractivity contribution in [2.75, 3.05) is 33.4 Å². The smallest absolute Gasteiger partial charge is 0.186 e. The Balaban J connectivity index is 1.48. The van der Waals surface area contributed by atoms with Gasteiger partial charge in [-0.05, 0) is 61.8 Å². The minimum atomic E-state index is 0.0684. The number of hydrogen-bond acceptors (Lipinski definition) is 5. The first-order chi connectivity index (χ1) is 15.2. The van der Waals surface area contributed by atoms with E-state index < -0.39 is 0 Å². The van der Waals surface area contributed by atoms with E-state index in [0.29, 0.717) is 5.92 Å². The summed E-state index contributed by atoms with van der Waals surface area (Å²) < 4.78 is 5.22. The maximum atomic E-state index is 12.0. The quantitative estimate of drug-likeness (QED) is 0.655. The second-order valence-electron chi connectivity index (χ2n) is 8.19. The van der Waals surface area contributed by atoms with Gasteiger partial charge in [-0.1, -0.05) is 12.1 Å². The van der Waals surface area contributed by atoms with E-state index in [4.69, 9.17) is 9.72 Å². The highest BCUT2D eigenvalue weighted by molar-refractivity contribution is 6.14. The second-order valence-corrected chi connectivity index (χ2v) is 8.19. The Morgan fingerprint density at radius 1 is 1.10 bits per heavy atom. The van der Waals surface area contributed by atoms with E-state index in [1.165, 1.54) is 0 Å².